The summed E-state index contributed by atoms with van der Waals surface area (Å²) in [6, 6.07) is 2.99. The van der Waals surface area contributed by atoms with E-state index in [1.54, 1.807) is 6.07 Å². The Morgan fingerprint density at radius 1 is 1.64 bits per heavy atom. The van der Waals surface area contributed by atoms with Crippen molar-refractivity contribution < 1.29 is 4.92 Å². The monoisotopic (exact) mass is 193 g/mol. The van der Waals surface area contributed by atoms with Gasteiger partial charge in [0.2, 0.25) is 0 Å². The molecule has 0 aliphatic rings. The van der Waals surface area contributed by atoms with E-state index in [0.717, 1.165) is 5.57 Å². The molecular formula is C9H11N3O2. The largest absolute Gasteiger partial charge is 0.330 e. The van der Waals surface area contributed by atoms with E-state index in [2.05, 4.69) is 11.6 Å². The molecule has 0 aliphatic heterocycles. The first-order valence-electron chi connectivity index (χ1n) is 4.14. The van der Waals surface area contributed by atoms with Gasteiger partial charge in [-0.25, -0.2) is 4.98 Å². The van der Waals surface area contributed by atoms with Crippen LogP contribution < -0.4 is 5.73 Å². The van der Waals surface area contributed by atoms with Crippen LogP contribution in [0, 0.1) is 10.1 Å². The van der Waals surface area contributed by atoms with Crippen LogP contribution in [-0.4, -0.2) is 16.5 Å². The van der Waals surface area contributed by atoms with E-state index in [-0.39, 0.29) is 5.69 Å². The summed E-state index contributed by atoms with van der Waals surface area (Å²) >= 11 is 0. The molecule has 0 saturated carbocycles. The van der Waals surface area contributed by atoms with Crippen LogP contribution in [0.5, 0.6) is 0 Å². The summed E-state index contributed by atoms with van der Waals surface area (Å²) in [5.74, 6) is 0. The normalized spacial score (nSPS) is 9.79. The van der Waals surface area contributed by atoms with E-state index in [4.69, 9.17) is 5.73 Å². The van der Waals surface area contributed by atoms with Gasteiger partial charge in [0.1, 0.15) is 6.20 Å². The van der Waals surface area contributed by atoms with Crippen LogP contribution in [0.15, 0.2) is 24.9 Å². The Morgan fingerprint density at radius 3 is 2.79 bits per heavy atom. The maximum atomic E-state index is 10.3. The first-order valence-corrected chi connectivity index (χ1v) is 4.14. The Hall–Kier alpha value is -1.75. The van der Waals surface area contributed by atoms with Gasteiger partial charge in [-0.05, 0) is 24.6 Å². The number of hydrogen-bond donors (Lipinski definition) is 1. The number of nitrogens with zero attached hydrogens (tertiary/aromatic N) is 2. The maximum absolute atomic E-state index is 10.3. The maximum Gasteiger partial charge on any atom is 0.287 e. The van der Waals surface area contributed by atoms with Crippen molar-refractivity contribution in [2.45, 2.75) is 6.42 Å². The molecule has 14 heavy (non-hydrogen) atoms. The molecule has 0 bridgehead atoms. The smallest absolute Gasteiger partial charge is 0.287 e. The van der Waals surface area contributed by atoms with Gasteiger partial charge in [0.05, 0.1) is 10.6 Å². The lowest BCUT2D eigenvalue weighted by molar-refractivity contribution is -0.385. The quantitative estimate of drug-likeness (QED) is 0.578. The minimum Gasteiger partial charge on any atom is -0.330 e. The van der Waals surface area contributed by atoms with E-state index < -0.39 is 4.92 Å². The van der Waals surface area contributed by atoms with Gasteiger partial charge in [0.25, 0.3) is 5.69 Å². The minimum absolute atomic E-state index is 0.0192. The highest BCUT2D eigenvalue weighted by Gasteiger charge is 2.06. The van der Waals surface area contributed by atoms with E-state index in [1.807, 2.05) is 0 Å². The predicted molar refractivity (Wildman–Crippen MR) is 53.6 cm³/mol. The molecule has 0 unspecified atom stereocenters. The van der Waals surface area contributed by atoms with Gasteiger partial charge in [-0.15, -0.1) is 0 Å². The van der Waals surface area contributed by atoms with Crippen molar-refractivity contribution in [3.05, 3.63) is 40.7 Å². The molecular weight excluding hydrogens is 182 g/mol. The molecule has 5 heteroatoms. The fourth-order valence-corrected chi connectivity index (χ4v) is 1.01. The van der Waals surface area contributed by atoms with Crippen molar-refractivity contribution in [3.8, 4) is 0 Å². The van der Waals surface area contributed by atoms with Gasteiger partial charge >= 0.3 is 0 Å². The SMILES string of the molecule is C=C(CCN)c1ccc([N+](=O)[O-])cn1. The van der Waals surface area contributed by atoms with Crippen molar-refractivity contribution in [1.29, 1.82) is 0 Å². The van der Waals surface area contributed by atoms with Crippen molar-refractivity contribution in [2.24, 2.45) is 5.73 Å². The molecule has 0 radical (unpaired) electrons. The molecule has 1 aromatic heterocycles. The average molecular weight is 193 g/mol. The van der Waals surface area contributed by atoms with Crippen LogP contribution in [0.4, 0.5) is 5.69 Å². The molecule has 0 aliphatic carbocycles. The Balaban J connectivity index is 2.83. The van der Waals surface area contributed by atoms with Crippen molar-refractivity contribution >= 4 is 11.3 Å². The number of pyridine rings is 1. The minimum atomic E-state index is -0.484. The van der Waals surface area contributed by atoms with Gasteiger partial charge in [-0.2, -0.15) is 0 Å². The van der Waals surface area contributed by atoms with Crippen LogP contribution >= 0.6 is 0 Å². The third-order valence-electron chi connectivity index (χ3n) is 1.77. The molecule has 1 aromatic rings. The molecule has 0 saturated heterocycles. The van der Waals surface area contributed by atoms with Crippen LogP contribution in [0.3, 0.4) is 0 Å². The summed E-state index contributed by atoms with van der Waals surface area (Å²) in [7, 11) is 0. The third-order valence-corrected chi connectivity index (χ3v) is 1.77. The van der Waals surface area contributed by atoms with Gasteiger partial charge in [-0.1, -0.05) is 6.58 Å². The zero-order chi connectivity index (χ0) is 10.6. The zero-order valence-electron chi connectivity index (χ0n) is 7.64. The zero-order valence-corrected chi connectivity index (χ0v) is 7.64. The molecule has 2 N–H and O–H groups in total. The lowest BCUT2D eigenvalue weighted by Gasteiger charge is -2.01. The number of aromatic nitrogens is 1. The summed E-state index contributed by atoms with van der Waals surface area (Å²) in [5.41, 5.74) is 6.78. The Bertz CT molecular complexity index is 346. The summed E-state index contributed by atoms with van der Waals surface area (Å²) in [6.07, 6.45) is 1.86. The number of nitro groups is 1. The molecule has 0 amide bonds. The van der Waals surface area contributed by atoms with Gasteiger partial charge in [0, 0.05) is 6.07 Å². The third kappa shape index (κ3) is 2.37. The number of hydrogen-bond acceptors (Lipinski definition) is 4. The molecule has 1 heterocycles. The number of rotatable bonds is 4. The van der Waals surface area contributed by atoms with Crippen LogP contribution in [0.1, 0.15) is 12.1 Å². The van der Waals surface area contributed by atoms with E-state index >= 15 is 0 Å². The Labute approximate surface area is 81.4 Å². The van der Waals surface area contributed by atoms with E-state index in [1.165, 1.54) is 12.3 Å². The second-order valence-corrected chi connectivity index (χ2v) is 2.80. The highest BCUT2D eigenvalue weighted by Crippen LogP contribution is 2.15. The second kappa shape index (κ2) is 4.48. The summed E-state index contributed by atoms with van der Waals surface area (Å²) in [5, 5.41) is 10.3. The fourth-order valence-electron chi connectivity index (χ4n) is 1.01. The highest BCUT2D eigenvalue weighted by atomic mass is 16.6. The summed E-state index contributed by atoms with van der Waals surface area (Å²) in [4.78, 5) is 13.8. The van der Waals surface area contributed by atoms with Crippen LogP contribution in [0.25, 0.3) is 5.57 Å². The van der Waals surface area contributed by atoms with E-state index in [9.17, 15) is 10.1 Å². The topological polar surface area (TPSA) is 82.0 Å². The van der Waals surface area contributed by atoms with Crippen molar-refractivity contribution in [2.75, 3.05) is 6.54 Å². The molecule has 0 fully saturated rings. The van der Waals surface area contributed by atoms with Crippen LogP contribution in [0.2, 0.25) is 0 Å². The molecule has 1 rings (SSSR count). The van der Waals surface area contributed by atoms with Gasteiger partial charge < -0.3 is 5.73 Å². The Morgan fingerprint density at radius 2 is 2.36 bits per heavy atom. The summed E-state index contributed by atoms with van der Waals surface area (Å²) < 4.78 is 0. The first-order chi connectivity index (χ1) is 6.65. The molecule has 74 valence electrons. The van der Waals surface area contributed by atoms with E-state index in [0.29, 0.717) is 18.7 Å². The van der Waals surface area contributed by atoms with Gasteiger partial charge in [-0.3, -0.25) is 10.1 Å². The summed E-state index contributed by atoms with van der Waals surface area (Å²) in [6.45, 7) is 4.27. The highest BCUT2D eigenvalue weighted by molar-refractivity contribution is 5.60. The lowest BCUT2D eigenvalue weighted by atomic mass is 10.1. The number of nitrogens with two attached hydrogens (primary N) is 1. The first kappa shape index (κ1) is 10.3. The Kier molecular flexibility index (Phi) is 3.30. The fraction of sp³-hybridized carbons (Fsp3) is 0.222. The second-order valence-electron chi connectivity index (χ2n) is 2.80. The van der Waals surface area contributed by atoms with Gasteiger partial charge in [0.15, 0.2) is 0 Å². The van der Waals surface area contributed by atoms with Crippen molar-refractivity contribution in [3.63, 3.8) is 0 Å². The average Bonchev–Trinajstić information content (AvgIpc) is 2.18. The predicted octanol–water partition coefficient (Wildman–Crippen LogP) is 1.35. The van der Waals surface area contributed by atoms with Crippen molar-refractivity contribution in [1.82, 2.24) is 4.98 Å². The molecule has 0 atom stereocenters. The molecule has 5 nitrogen and oxygen atoms in total. The molecule has 0 spiro atoms. The molecule has 0 aromatic carbocycles. The standard InChI is InChI=1S/C9H11N3O2/c1-7(4-5-10)9-3-2-8(6-11-9)12(13)14/h2-3,6H,1,4-5,10H2. The lowest BCUT2D eigenvalue weighted by Crippen LogP contribution is -2.00. The van der Waals surface area contributed by atoms with Crippen LogP contribution in [-0.2, 0) is 0 Å².